The van der Waals surface area contributed by atoms with Crippen LogP contribution < -0.4 is 5.11 Å². The lowest BCUT2D eigenvalue weighted by Gasteiger charge is -2.18. The van der Waals surface area contributed by atoms with E-state index in [4.69, 9.17) is 0 Å². The van der Waals surface area contributed by atoms with Crippen molar-refractivity contribution >= 4 is 5.97 Å². The number of aliphatic carboxylic acids is 1. The Morgan fingerprint density at radius 1 is 1.31 bits per heavy atom. The summed E-state index contributed by atoms with van der Waals surface area (Å²) in [5.74, 6) is 2.64. The van der Waals surface area contributed by atoms with Gasteiger partial charge >= 0.3 is 0 Å². The van der Waals surface area contributed by atoms with Crippen LogP contribution in [0, 0.1) is 23.7 Å². The smallest absolute Gasteiger partial charge is 0.0666 e. The van der Waals surface area contributed by atoms with Gasteiger partial charge in [-0.05, 0) is 49.0 Å². The lowest BCUT2D eigenvalue weighted by atomic mass is 9.86. The van der Waals surface area contributed by atoms with Crippen molar-refractivity contribution in [3.05, 3.63) is 36.5 Å². The zero-order valence-corrected chi connectivity index (χ0v) is 9.56. The molecule has 3 aliphatic rings. The van der Waals surface area contributed by atoms with Gasteiger partial charge in [-0.2, -0.15) is 0 Å². The van der Waals surface area contributed by atoms with E-state index in [2.05, 4.69) is 30.9 Å². The van der Waals surface area contributed by atoms with E-state index in [-0.39, 0.29) is 5.57 Å². The third kappa shape index (κ3) is 1.97. The summed E-state index contributed by atoms with van der Waals surface area (Å²) < 4.78 is 0. The second-order valence-corrected chi connectivity index (χ2v) is 4.92. The molecule has 86 valence electrons. The van der Waals surface area contributed by atoms with Crippen LogP contribution in [0.25, 0.3) is 0 Å². The van der Waals surface area contributed by atoms with Crippen LogP contribution in [0.3, 0.4) is 0 Å². The van der Waals surface area contributed by atoms with Gasteiger partial charge in [0.2, 0.25) is 0 Å². The molecular weight excluding hydrogens is 200 g/mol. The van der Waals surface area contributed by atoms with Crippen LogP contribution in [0.15, 0.2) is 36.5 Å². The first-order valence-electron chi connectivity index (χ1n) is 5.81. The Bertz CT molecular complexity index is 353. The summed E-state index contributed by atoms with van der Waals surface area (Å²) in [6.45, 7) is 4.48. The number of carboxylic acid groups (broad SMARTS) is 1. The normalized spacial score (nSPS) is 36.8. The third-order valence-electron chi connectivity index (χ3n) is 3.80. The predicted octanol–water partition coefficient (Wildman–Crippen LogP) is 1.70. The van der Waals surface area contributed by atoms with Crippen LogP contribution in [0.4, 0.5) is 0 Å². The Morgan fingerprint density at radius 3 is 2.50 bits per heavy atom. The molecule has 0 amide bonds. The van der Waals surface area contributed by atoms with E-state index in [0.717, 1.165) is 23.7 Å². The predicted molar refractivity (Wildman–Crippen MR) is 61.3 cm³/mol. The van der Waals surface area contributed by atoms with E-state index in [9.17, 15) is 9.90 Å². The van der Waals surface area contributed by atoms with E-state index in [1.165, 1.54) is 19.8 Å². The van der Waals surface area contributed by atoms with Crippen LogP contribution in [-0.4, -0.2) is 5.97 Å². The van der Waals surface area contributed by atoms with Crippen molar-refractivity contribution in [3.63, 3.8) is 0 Å². The van der Waals surface area contributed by atoms with Crippen molar-refractivity contribution in [3.8, 4) is 0 Å². The summed E-state index contributed by atoms with van der Waals surface area (Å²) in [6.07, 6.45) is 12.5. The largest absolute Gasteiger partial charge is 0.545 e. The van der Waals surface area contributed by atoms with Gasteiger partial charge in [-0.15, -0.1) is 0 Å². The van der Waals surface area contributed by atoms with Crippen molar-refractivity contribution < 1.29 is 9.90 Å². The molecule has 0 saturated heterocycles. The molecule has 16 heavy (non-hydrogen) atoms. The molecular formula is C14H17O2-. The molecule has 4 atom stereocenters. The standard InChI is InChI=1S/C10H12.C4H6O2/c1-2-9-7-4-5-8(6-7)10(9)3-1;1-3(2)4(5)6/h1-2,4-5,7-10H,3,6H2;1H2,2H3,(H,5,6)/p-1. The number of rotatable bonds is 1. The van der Waals surface area contributed by atoms with Crippen LogP contribution >= 0.6 is 0 Å². The molecule has 0 aromatic rings. The molecule has 0 radical (unpaired) electrons. The van der Waals surface area contributed by atoms with Gasteiger partial charge in [0.25, 0.3) is 0 Å². The molecule has 2 bridgehead atoms. The van der Waals surface area contributed by atoms with Crippen molar-refractivity contribution in [2.75, 3.05) is 0 Å². The summed E-state index contributed by atoms with van der Waals surface area (Å²) in [5.41, 5.74) is 0.0648. The number of hydrogen-bond acceptors (Lipinski definition) is 2. The molecule has 2 nitrogen and oxygen atoms in total. The molecule has 1 saturated carbocycles. The number of carbonyl (C=O) groups is 1. The van der Waals surface area contributed by atoms with E-state index < -0.39 is 5.97 Å². The Hall–Kier alpha value is -1.31. The van der Waals surface area contributed by atoms with Gasteiger partial charge in [0, 0.05) is 0 Å². The summed E-state index contributed by atoms with van der Waals surface area (Å²) in [4.78, 5) is 9.49. The Morgan fingerprint density at radius 2 is 1.94 bits per heavy atom. The molecule has 1 fully saturated rings. The Kier molecular flexibility index (Phi) is 2.99. The summed E-state index contributed by atoms with van der Waals surface area (Å²) in [7, 11) is 0. The molecule has 0 aliphatic heterocycles. The quantitative estimate of drug-likeness (QED) is 0.495. The minimum atomic E-state index is -1.19. The Labute approximate surface area is 96.4 Å². The maximum absolute atomic E-state index is 9.49. The number of allylic oxidation sites excluding steroid dienone is 4. The molecule has 3 rings (SSSR count). The minimum Gasteiger partial charge on any atom is -0.545 e. The first kappa shape index (κ1) is 11.2. The van der Waals surface area contributed by atoms with Gasteiger partial charge in [0.1, 0.15) is 0 Å². The molecule has 4 unspecified atom stereocenters. The SMILES string of the molecule is C1=CC2C3C=CC(C3)C2C1.C=C(C)C(=O)[O-]. The first-order chi connectivity index (χ1) is 7.59. The molecule has 0 N–H and O–H groups in total. The molecule has 0 spiro atoms. The summed E-state index contributed by atoms with van der Waals surface area (Å²) in [5, 5.41) is 9.49. The maximum Gasteiger partial charge on any atom is 0.0666 e. The highest BCUT2D eigenvalue weighted by molar-refractivity contribution is 5.82. The van der Waals surface area contributed by atoms with E-state index in [1.807, 2.05) is 0 Å². The minimum absolute atomic E-state index is 0.0648. The van der Waals surface area contributed by atoms with Gasteiger partial charge in [-0.1, -0.05) is 30.9 Å². The highest BCUT2D eigenvalue weighted by atomic mass is 16.4. The number of carboxylic acids is 1. The zero-order chi connectivity index (χ0) is 11.7. The molecule has 0 aromatic heterocycles. The fraction of sp³-hybridized carbons (Fsp3) is 0.500. The number of hydrogen-bond donors (Lipinski definition) is 0. The molecule has 3 aliphatic carbocycles. The monoisotopic (exact) mass is 217 g/mol. The fourth-order valence-corrected chi connectivity index (χ4v) is 2.97. The summed E-state index contributed by atoms with van der Waals surface area (Å²) in [6, 6.07) is 0. The van der Waals surface area contributed by atoms with Gasteiger partial charge in [-0.3, -0.25) is 0 Å². The first-order valence-corrected chi connectivity index (χ1v) is 5.81. The second kappa shape index (κ2) is 4.28. The molecule has 0 heterocycles. The van der Waals surface area contributed by atoms with Gasteiger partial charge < -0.3 is 9.90 Å². The molecule has 2 heteroatoms. The topological polar surface area (TPSA) is 40.1 Å². The lowest BCUT2D eigenvalue weighted by molar-refractivity contribution is -0.299. The Balaban J connectivity index is 0.000000142. The van der Waals surface area contributed by atoms with Crippen molar-refractivity contribution in [2.24, 2.45) is 23.7 Å². The lowest BCUT2D eigenvalue weighted by Crippen LogP contribution is -2.22. The average molecular weight is 217 g/mol. The molecule has 0 aromatic carbocycles. The van der Waals surface area contributed by atoms with Gasteiger partial charge in [0.15, 0.2) is 0 Å². The second-order valence-electron chi connectivity index (χ2n) is 4.92. The van der Waals surface area contributed by atoms with Crippen LogP contribution in [0.2, 0.25) is 0 Å². The van der Waals surface area contributed by atoms with Crippen LogP contribution in [0.1, 0.15) is 19.8 Å². The van der Waals surface area contributed by atoms with Gasteiger partial charge in [-0.25, -0.2) is 0 Å². The summed E-state index contributed by atoms with van der Waals surface area (Å²) >= 11 is 0. The average Bonchev–Trinajstić information content (AvgIpc) is 2.92. The van der Waals surface area contributed by atoms with Crippen molar-refractivity contribution in [2.45, 2.75) is 19.8 Å². The van der Waals surface area contributed by atoms with Crippen LogP contribution in [0.5, 0.6) is 0 Å². The fourth-order valence-electron chi connectivity index (χ4n) is 2.97. The number of carbonyl (C=O) groups excluding carboxylic acids is 1. The number of fused-ring (bicyclic) bond motifs is 5. The zero-order valence-electron chi connectivity index (χ0n) is 9.56. The van der Waals surface area contributed by atoms with E-state index in [0.29, 0.717) is 0 Å². The van der Waals surface area contributed by atoms with Crippen molar-refractivity contribution in [1.29, 1.82) is 0 Å². The van der Waals surface area contributed by atoms with E-state index in [1.54, 1.807) is 0 Å². The van der Waals surface area contributed by atoms with Gasteiger partial charge in [0.05, 0.1) is 5.97 Å². The maximum atomic E-state index is 9.49. The van der Waals surface area contributed by atoms with Crippen molar-refractivity contribution in [1.82, 2.24) is 0 Å². The highest BCUT2D eigenvalue weighted by Crippen LogP contribution is 2.52. The third-order valence-corrected chi connectivity index (χ3v) is 3.80. The highest BCUT2D eigenvalue weighted by Gasteiger charge is 2.44. The van der Waals surface area contributed by atoms with E-state index >= 15 is 0 Å². The van der Waals surface area contributed by atoms with Crippen LogP contribution in [-0.2, 0) is 4.79 Å².